The Morgan fingerprint density at radius 2 is 1.70 bits per heavy atom. The molecule has 8 heteroatoms. The number of anilines is 1. The predicted molar refractivity (Wildman–Crippen MR) is 145 cm³/mol. The number of hydrogen-bond acceptors (Lipinski definition) is 4. The quantitative estimate of drug-likeness (QED) is 0.236. The Balaban J connectivity index is 1.21. The van der Waals surface area contributed by atoms with Gasteiger partial charge in [0.15, 0.2) is 0 Å². The molecular formula is C29H23ClN4O3. The lowest BCUT2D eigenvalue weighted by molar-refractivity contribution is 0.0967. The van der Waals surface area contributed by atoms with E-state index in [1.165, 1.54) is 0 Å². The van der Waals surface area contributed by atoms with Crippen molar-refractivity contribution in [2.75, 3.05) is 5.32 Å². The van der Waals surface area contributed by atoms with Crippen molar-refractivity contribution in [2.45, 2.75) is 13.5 Å². The summed E-state index contributed by atoms with van der Waals surface area (Å²) in [6, 6.07) is 26.6. The summed E-state index contributed by atoms with van der Waals surface area (Å²) in [5, 5.41) is 5.70. The number of ether oxygens (including phenoxy) is 1. The lowest BCUT2D eigenvalue weighted by Crippen LogP contribution is -2.34. The van der Waals surface area contributed by atoms with E-state index in [-0.39, 0.29) is 0 Å². The van der Waals surface area contributed by atoms with E-state index in [1.807, 2.05) is 61.5 Å². The molecule has 0 aliphatic heterocycles. The van der Waals surface area contributed by atoms with Crippen molar-refractivity contribution in [3.05, 3.63) is 113 Å². The standard InChI is InChI=1S/C29H23ClN4O3/c1-18-10-13-21(16-23(18)27-32-25-8-4-5-9-26(25)33-27)31-29(36)34-28(35)19-11-14-22(15-12-19)37-17-20-6-2-3-7-24(20)30/h2-16H,17H2,1H3,(H,32,33)(H2,31,34,35,36). The van der Waals surface area contributed by atoms with Gasteiger partial charge in [-0.2, -0.15) is 0 Å². The highest BCUT2D eigenvalue weighted by atomic mass is 35.5. The average molecular weight is 511 g/mol. The smallest absolute Gasteiger partial charge is 0.326 e. The summed E-state index contributed by atoms with van der Waals surface area (Å²) < 4.78 is 5.74. The van der Waals surface area contributed by atoms with E-state index in [9.17, 15) is 9.59 Å². The molecule has 0 aliphatic carbocycles. The predicted octanol–water partition coefficient (Wildman–Crippen LogP) is 6.73. The van der Waals surface area contributed by atoms with Crippen molar-refractivity contribution in [2.24, 2.45) is 0 Å². The SMILES string of the molecule is Cc1ccc(NC(=O)NC(=O)c2ccc(OCc3ccccc3Cl)cc2)cc1-c1nc2ccccc2[nH]1. The molecule has 0 unspecified atom stereocenters. The molecule has 37 heavy (non-hydrogen) atoms. The summed E-state index contributed by atoms with van der Waals surface area (Å²) in [7, 11) is 0. The highest BCUT2D eigenvalue weighted by Crippen LogP contribution is 2.26. The van der Waals surface area contributed by atoms with Crippen LogP contribution in [-0.2, 0) is 6.61 Å². The number of H-pyrrole nitrogens is 1. The van der Waals surface area contributed by atoms with Crippen LogP contribution in [0.3, 0.4) is 0 Å². The van der Waals surface area contributed by atoms with E-state index in [2.05, 4.69) is 20.6 Å². The number of aromatic nitrogens is 2. The largest absolute Gasteiger partial charge is 0.489 e. The average Bonchev–Trinajstić information content (AvgIpc) is 3.34. The van der Waals surface area contributed by atoms with Gasteiger partial charge < -0.3 is 15.0 Å². The third kappa shape index (κ3) is 5.63. The van der Waals surface area contributed by atoms with Gasteiger partial charge in [0.25, 0.3) is 5.91 Å². The fraction of sp³-hybridized carbons (Fsp3) is 0.0690. The van der Waals surface area contributed by atoms with Crippen LogP contribution in [0, 0.1) is 6.92 Å². The minimum absolute atomic E-state index is 0.306. The summed E-state index contributed by atoms with van der Waals surface area (Å²) in [6.07, 6.45) is 0. The lowest BCUT2D eigenvalue weighted by Gasteiger charge is -2.10. The molecular weight excluding hydrogens is 488 g/mol. The topological polar surface area (TPSA) is 96.1 Å². The number of para-hydroxylation sites is 2. The maximum absolute atomic E-state index is 12.6. The number of carbonyl (C=O) groups is 2. The number of carbonyl (C=O) groups excluding carboxylic acids is 2. The van der Waals surface area contributed by atoms with E-state index < -0.39 is 11.9 Å². The number of amides is 3. The van der Waals surface area contributed by atoms with E-state index >= 15 is 0 Å². The number of benzene rings is 4. The van der Waals surface area contributed by atoms with Gasteiger partial charge in [-0.1, -0.05) is 48.0 Å². The normalized spacial score (nSPS) is 10.8. The summed E-state index contributed by atoms with van der Waals surface area (Å²) >= 11 is 6.15. The lowest BCUT2D eigenvalue weighted by atomic mass is 10.1. The minimum Gasteiger partial charge on any atom is -0.489 e. The number of nitrogens with one attached hydrogen (secondary N) is 3. The first-order valence-electron chi connectivity index (χ1n) is 11.6. The van der Waals surface area contributed by atoms with Gasteiger partial charge in [-0.05, 0) is 67.1 Å². The van der Waals surface area contributed by atoms with Crippen LogP contribution in [0.1, 0.15) is 21.5 Å². The second-order valence-corrected chi connectivity index (χ2v) is 8.85. The molecule has 0 spiro atoms. The van der Waals surface area contributed by atoms with Crippen molar-refractivity contribution in [1.82, 2.24) is 15.3 Å². The molecule has 3 N–H and O–H groups in total. The zero-order chi connectivity index (χ0) is 25.8. The van der Waals surface area contributed by atoms with Gasteiger partial charge in [0.1, 0.15) is 18.2 Å². The van der Waals surface area contributed by atoms with Crippen LogP contribution in [0.2, 0.25) is 5.02 Å². The molecule has 0 atom stereocenters. The molecule has 0 fully saturated rings. The Bertz CT molecular complexity index is 1560. The molecule has 1 aromatic heterocycles. The van der Waals surface area contributed by atoms with Crippen LogP contribution in [0.4, 0.5) is 10.5 Å². The molecule has 3 amide bonds. The number of aryl methyl sites for hydroxylation is 1. The van der Waals surface area contributed by atoms with Crippen LogP contribution >= 0.6 is 11.6 Å². The molecule has 7 nitrogen and oxygen atoms in total. The Morgan fingerprint density at radius 1 is 0.946 bits per heavy atom. The zero-order valence-electron chi connectivity index (χ0n) is 19.9. The first-order chi connectivity index (χ1) is 18.0. The number of imidazole rings is 1. The van der Waals surface area contributed by atoms with Gasteiger partial charge in [0.2, 0.25) is 0 Å². The van der Waals surface area contributed by atoms with E-state index in [4.69, 9.17) is 16.3 Å². The van der Waals surface area contributed by atoms with Crippen LogP contribution in [-0.4, -0.2) is 21.9 Å². The van der Waals surface area contributed by atoms with E-state index in [1.54, 1.807) is 36.4 Å². The van der Waals surface area contributed by atoms with Gasteiger partial charge in [0, 0.05) is 27.4 Å². The second kappa shape index (κ2) is 10.6. The van der Waals surface area contributed by atoms with Gasteiger partial charge in [-0.3, -0.25) is 10.1 Å². The summed E-state index contributed by atoms with van der Waals surface area (Å²) in [5.41, 5.74) is 5.37. The molecule has 0 aliphatic rings. The van der Waals surface area contributed by atoms with Crippen LogP contribution in [0.5, 0.6) is 5.75 Å². The summed E-state index contributed by atoms with van der Waals surface area (Å²) in [4.78, 5) is 33.0. The number of nitrogens with zero attached hydrogens (tertiary/aromatic N) is 1. The Labute approximate surface area is 218 Å². The Morgan fingerprint density at radius 3 is 2.49 bits per heavy atom. The third-order valence-corrected chi connectivity index (χ3v) is 6.20. The molecule has 5 aromatic rings. The van der Waals surface area contributed by atoms with Gasteiger partial charge in [-0.25, -0.2) is 9.78 Å². The molecule has 0 saturated carbocycles. The Kier molecular flexibility index (Phi) is 6.87. The number of imide groups is 1. The first-order valence-corrected chi connectivity index (χ1v) is 12.0. The molecule has 0 saturated heterocycles. The number of hydrogen-bond donors (Lipinski definition) is 3. The van der Waals surface area contributed by atoms with Crippen LogP contribution < -0.4 is 15.4 Å². The molecule has 4 aromatic carbocycles. The molecule has 0 bridgehead atoms. The first kappa shape index (κ1) is 24.1. The van der Waals surface area contributed by atoms with Gasteiger partial charge in [0.05, 0.1) is 11.0 Å². The molecule has 184 valence electrons. The molecule has 0 radical (unpaired) electrons. The number of urea groups is 1. The Hall–Kier alpha value is -4.62. The van der Waals surface area contributed by atoms with Crippen molar-refractivity contribution < 1.29 is 14.3 Å². The van der Waals surface area contributed by atoms with Crippen molar-refractivity contribution in [3.8, 4) is 17.1 Å². The maximum Gasteiger partial charge on any atom is 0.326 e. The highest BCUT2D eigenvalue weighted by molar-refractivity contribution is 6.31. The van der Waals surface area contributed by atoms with Crippen molar-refractivity contribution >= 4 is 40.3 Å². The molecule has 1 heterocycles. The highest BCUT2D eigenvalue weighted by Gasteiger charge is 2.13. The fourth-order valence-electron chi connectivity index (χ4n) is 3.85. The number of halogens is 1. The van der Waals surface area contributed by atoms with Crippen molar-refractivity contribution in [1.29, 1.82) is 0 Å². The van der Waals surface area contributed by atoms with Gasteiger partial charge in [-0.15, -0.1) is 0 Å². The number of aromatic amines is 1. The second-order valence-electron chi connectivity index (χ2n) is 8.44. The maximum atomic E-state index is 12.6. The van der Waals surface area contributed by atoms with E-state index in [0.717, 1.165) is 27.7 Å². The third-order valence-electron chi connectivity index (χ3n) is 5.84. The van der Waals surface area contributed by atoms with E-state index in [0.29, 0.717) is 34.5 Å². The summed E-state index contributed by atoms with van der Waals surface area (Å²) in [6.45, 7) is 2.28. The van der Waals surface area contributed by atoms with Crippen LogP contribution in [0.15, 0.2) is 91.0 Å². The fourth-order valence-corrected chi connectivity index (χ4v) is 4.04. The summed E-state index contributed by atoms with van der Waals surface area (Å²) in [5.74, 6) is 0.758. The number of fused-ring (bicyclic) bond motifs is 1. The monoisotopic (exact) mass is 510 g/mol. The number of rotatable bonds is 6. The molecule has 5 rings (SSSR count). The van der Waals surface area contributed by atoms with Gasteiger partial charge >= 0.3 is 6.03 Å². The zero-order valence-corrected chi connectivity index (χ0v) is 20.7. The minimum atomic E-state index is -0.636. The van der Waals surface area contributed by atoms with Crippen LogP contribution in [0.25, 0.3) is 22.4 Å². The van der Waals surface area contributed by atoms with Crippen molar-refractivity contribution in [3.63, 3.8) is 0 Å².